The summed E-state index contributed by atoms with van der Waals surface area (Å²) in [5, 5.41) is 0. The Hall–Kier alpha value is 0. The van der Waals surface area contributed by atoms with Crippen LogP contribution in [0.1, 0.15) is 92.4 Å². The van der Waals surface area contributed by atoms with Crippen LogP contribution in [0.25, 0.3) is 0 Å². The van der Waals surface area contributed by atoms with Crippen molar-refractivity contribution >= 4 is 0 Å². The second-order valence-electron chi connectivity index (χ2n) is 10.7. The van der Waals surface area contributed by atoms with E-state index in [2.05, 4.69) is 34.6 Å². The SMILES string of the molecule is CCC12CCC3C(C(C)CC4CC(C)CCC43C)C1CCC2C. The summed E-state index contributed by atoms with van der Waals surface area (Å²) >= 11 is 0. The van der Waals surface area contributed by atoms with Crippen molar-refractivity contribution in [1.82, 2.24) is 0 Å². The lowest BCUT2D eigenvalue weighted by atomic mass is 9.42. The van der Waals surface area contributed by atoms with Crippen LogP contribution in [0.3, 0.4) is 0 Å². The van der Waals surface area contributed by atoms with Crippen molar-refractivity contribution < 1.29 is 0 Å². The fourth-order valence-corrected chi connectivity index (χ4v) is 8.72. The normalized spacial score (nSPS) is 59.1. The van der Waals surface area contributed by atoms with Crippen LogP contribution in [0, 0.1) is 52.3 Å². The minimum absolute atomic E-state index is 0.690. The summed E-state index contributed by atoms with van der Waals surface area (Å²) in [5.41, 5.74) is 1.41. The van der Waals surface area contributed by atoms with Gasteiger partial charge in [0.2, 0.25) is 0 Å². The van der Waals surface area contributed by atoms with Crippen LogP contribution < -0.4 is 0 Å². The molecule has 0 spiro atoms. The molecule has 0 radical (unpaired) electrons. The number of hydrogen-bond donors (Lipinski definition) is 0. The standard InChI is InChI=1S/C23H40/c1-6-23-12-10-19-21(20(23)8-7-17(23)4)16(3)14-18-13-15(2)9-11-22(18,19)5/h15-21H,6-14H2,1-5H3. The molecule has 0 heteroatoms. The Labute approximate surface area is 145 Å². The largest absolute Gasteiger partial charge is 0.0648 e. The van der Waals surface area contributed by atoms with E-state index in [9.17, 15) is 0 Å². The fraction of sp³-hybridized carbons (Fsp3) is 1.00. The topological polar surface area (TPSA) is 0 Å². The molecule has 4 aliphatic rings. The van der Waals surface area contributed by atoms with Gasteiger partial charge in [0.1, 0.15) is 0 Å². The maximum Gasteiger partial charge on any atom is -0.0243 e. The van der Waals surface area contributed by atoms with Crippen molar-refractivity contribution in [1.29, 1.82) is 0 Å². The van der Waals surface area contributed by atoms with Gasteiger partial charge in [-0.05, 0) is 104 Å². The van der Waals surface area contributed by atoms with E-state index < -0.39 is 0 Å². The number of hydrogen-bond acceptors (Lipinski definition) is 0. The first-order chi connectivity index (χ1) is 10.9. The Morgan fingerprint density at radius 1 is 0.870 bits per heavy atom. The molecule has 0 nitrogen and oxygen atoms in total. The van der Waals surface area contributed by atoms with E-state index in [-0.39, 0.29) is 0 Å². The maximum absolute atomic E-state index is 2.73. The van der Waals surface area contributed by atoms with Crippen molar-refractivity contribution in [3.05, 3.63) is 0 Å². The Morgan fingerprint density at radius 3 is 2.39 bits per heavy atom. The quantitative estimate of drug-likeness (QED) is 0.491. The van der Waals surface area contributed by atoms with Crippen LogP contribution in [0.15, 0.2) is 0 Å². The molecule has 0 N–H and O–H groups in total. The zero-order valence-corrected chi connectivity index (χ0v) is 16.4. The summed E-state index contributed by atoms with van der Waals surface area (Å²) in [4.78, 5) is 0. The Kier molecular flexibility index (Phi) is 3.94. The first-order valence-electron chi connectivity index (χ1n) is 10.9. The third kappa shape index (κ3) is 2.15. The molecule has 4 aliphatic carbocycles. The molecule has 0 heterocycles. The number of fused-ring (bicyclic) bond motifs is 5. The Bertz CT molecular complexity index is 453. The summed E-state index contributed by atoms with van der Waals surface area (Å²) < 4.78 is 0. The second-order valence-corrected chi connectivity index (χ2v) is 10.7. The lowest BCUT2D eigenvalue weighted by Gasteiger charge is -2.63. The van der Waals surface area contributed by atoms with Gasteiger partial charge in [-0.3, -0.25) is 0 Å². The average Bonchev–Trinajstić information content (AvgIpc) is 2.87. The number of rotatable bonds is 1. The van der Waals surface area contributed by atoms with E-state index >= 15 is 0 Å². The predicted molar refractivity (Wildman–Crippen MR) is 99.2 cm³/mol. The highest BCUT2D eigenvalue weighted by atomic mass is 14.7. The zero-order chi connectivity index (χ0) is 16.4. The fourth-order valence-electron chi connectivity index (χ4n) is 8.72. The summed E-state index contributed by atoms with van der Waals surface area (Å²) in [5.74, 6) is 7.18. The van der Waals surface area contributed by atoms with Crippen molar-refractivity contribution in [2.24, 2.45) is 52.3 Å². The van der Waals surface area contributed by atoms with Gasteiger partial charge in [0, 0.05) is 0 Å². The highest BCUT2D eigenvalue weighted by Gasteiger charge is 2.61. The first kappa shape index (κ1) is 16.5. The molecular weight excluding hydrogens is 276 g/mol. The average molecular weight is 317 g/mol. The molecule has 9 atom stereocenters. The monoisotopic (exact) mass is 316 g/mol. The van der Waals surface area contributed by atoms with Gasteiger partial charge in [-0.2, -0.15) is 0 Å². The van der Waals surface area contributed by atoms with Crippen molar-refractivity contribution in [3.8, 4) is 0 Å². The van der Waals surface area contributed by atoms with Crippen LogP contribution >= 0.6 is 0 Å². The van der Waals surface area contributed by atoms with Gasteiger partial charge in [-0.25, -0.2) is 0 Å². The van der Waals surface area contributed by atoms with Crippen LogP contribution in [-0.4, -0.2) is 0 Å². The third-order valence-corrected chi connectivity index (χ3v) is 10.1. The molecule has 132 valence electrons. The van der Waals surface area contributed by atoms with E-state index in [4.69, 9.17) is 0 Å². The Balaban J connectivity index is 1.68. The van der Waals surface area contributed by atoms with Gasteiger partial charge in [-0.1, -0.05) is 41.0 Å². The molecule has 4 fully saturated rings. The van der Waals surface area contributed by atoms with Crippen LogP contribution in [0.5, 0.6) is 0 Å². The lowest BCUT2D eigenvalue weighted by Crippen LogP contribution is -2.56. The summed E-state index contributed by atoms with van der Waals surface area (Å²) in [6, 6.07) is 0. The van der Waals surface area contributed by atoms with Gasteiger partial charge in [0.25, 0.3) is 0 Å². The van der Waals surface area contributed by atoms with Crippen molar-refractivity contribution in [2.45, 2.75) is 92.4 Å². The van der Waals surface area contributed by atoms with Gasteiger partial charge in [-0.15, -0.1) is 0 Å². The van der Waals surface area contributed by atoms with Gasteiger partial charge in [0.05, 0.1) is 0 Å². The van der Waals surface area contributed by atoms with E-state index in [0.29, 0.717) is 5.41 Å². The maximum atomic E-state index is 2.73. The highest BCUT2D eigenvalue weighted by Crippen LogP contribution is 2.69. The van der Waals surface area contributed by atoms with Gasteiger partial charge >= 0.3 is 0 Å². The summed E-state index contributed by atoms with van der Waals surface area (Å²) in [6.45, 7) is 13.0. The molecule has 0 amide bonds. The predicted octanol–water partition coefficient (Wildman–Crippen LogP) is 6.94. The molecule has 0 bridgehead atoms. The molecule has 0 aliphatic heterocycles. The highest BCUT2D eigenvalue weighted by molar-refractivity contribution is 5.10. The molecule has 4 saturated carbocycles. The minimum atomic E-state index is 0.690. The van der Waals surface area contributed by atoms with Gasteiger partial charge < -0.3 is 0 Å². The summed E-state index contributed by atoms with van der Waals surface area (Å²) in [7, 11) is 0. The minimum Gasteiger partial charge on any atom is -0.0648 e. The third-order valence-electron chi connectivity index (χ3n) is 10.1. The van der Waals surface area contributed by atoms with E-state index in [1.165, 1.54) is 32.1 Å². The van der Waals surface area contributed by atoms with Gasteiger partial charge in [0.15, 0.2) is 0 Å². The molecular formula is C23H40. The van der Waals surface area contributed by atoms with Crippen LogP contribution in [0.2, 0.25) is 0 Å². The molecule has 9 unspecified atom stereocenters. The molecule has 23 heavy (non-hydrogen) atoms. The lowest BCUT2D eigenvalue weighted by molar-refractivity contribution is -0.143. The molecule has 0 aromatic carbocycles. The van der Waals surface area contributed by atoms with E-state index in [1.807, 2.05) is 0 Å². The van der Waals surface area contributed by atoms with Crippen molar-refractivity contribution in [2.75, 3.05) is 0 Å². The molecule has 0 saturated heterocycles. The Morgan fingerprint density at radius 2 is 1.65 bits per heavy atom. The smallest absolute Gasteiger partial charge is 0.0243 e. The molecule has 0 aromatic rings. The van der Waals surface area contributed by atoms with Crippen LogP contribution in [-0.2, 0) is 0 Å². The first-order valence-corrected chi connectivity index (χ1v) is 10.9. The second kappa shape index (κ2) is 5.50. The van der Waals surface area contributed by atoms with Crippen molar-refractivity contribution in [3.63, 3.8) is 0 Å². The van der Waals surface area contributed by atoms with E-state index in [0.717, 1.165) is 46.8 Å². The zero-order valence-electron chi connectivity index (χ0n) is 16.4. The van der Waals surface area contributed by atoms with E-state index in [1.54, 1.807) is 25.7 Å². The summed E-state index contributed by atoms with van der Waals surface area (Å²) in [6.07, 6.45) is 13.8. The van der Waals surface area contributed by atoms with Crippen LogP contribution in [0.4, 0.5) is 0 Å². The molecule has 0 aromatic heterocycles. The molecule has 4 rings (SSSR count).